The average molecular weight is 211 g/mol. The summed E-state index contributed by atoms with van der Waals surface area (Å²) in [6.45, 7) is 1.66. The second kappa shape index (κ2) is 4.23. The lowest BCUT2D eigenvalue weighted by molar-refractivity contribution is 0.748. The van der Waals surface area contributed by atoms with Crippen LogP contribution in [0.4, 0.5) is 0 Å². The van der Waals surface area contributed by atoms with Gasteiger partial charge in [0.2, 0.25) is 0 Å². The van der Waals surface area contributed by atoms with Crippen LogP contribution < -0.4 is 0 Å². The van der Waals surface area contributed by atoms with Crippen LogP contribution in [0.2, 0.25) is 6.82 Å². The SMILES string of the molecule is CB(N=[N+]=[N-])OI. The zero-order valence-electron chi connectivity index (χ0n) is 3.71. The van der Waals surface area contributed by atoms with Gasteiger partial charge in [-0.25, -0.2) is 0 Å². The molecule has 0 aliphatic carbocycles. The molecule has 0 N–H and O–H groups in total. The molecule has 0 fully saturated rings. The summed E-state index contributed by atoms with van der Waals surface area (Å²) in [6.07, 6.45) is 0. The summed E-state index contributed by atoms with van der Waals surface area (Å²) in [7, 11) is -0.356. The molecule has 0 aromatic heterocycles. The third-order valence-corrected chi connectivity index (χ3v) is 1.08. The quantitative estimate of drug-likeness (QED) is 0.225. The number of hydrogen-bond acceptors (Lipinski definition) is 2. The van der Waals surface area contributed by atoms with Crippen molar-refractivity contribution in [2.24, 2.45) is 5.03 Å². The zero-order valence-corrected chi connectivity index (χ0v) is 5.86. The van der Waals surface area contributed by atoms with Crippen LogP contribution in [0.25, 0.3) is 10.4 Å². The van der Waals surface area contributed by atoms with Gasteiger partial charge >= 0.3 is 7.05 Å². The van der Waals surface area contributed by atoms with E-state index in [2.05, 4.69) is 12.9 Å². The first-order valence-corrected chi connectivity index (χ1v) is 2.51. The smallest absolute Gasteiger partial charge is 0.371 e. The largest absolute Gasteiger partial charge is 0.399 e. The van der Waals surface area contributed by atoms with Crippen molar-refractivity contribution >= 4 is 30.1 Å². The molecule has 38 valence electrons. The van der Waals surface area contributed by atoms with Crippen molar-refractivity contribution in [1.82, 2.24) is 0 Å². The van der Waals surface area contributed by atoms with E-state index in [1.54, 1.807) is 29.8 Å². The molecule has 0 saturated heterocycles. The second-order valence-corrected chi connectivity index (χ2v) is 1.40. The molecule has 0 aromatic rings. The molecule has 7 heavy (non-hydrogen) atoms. The molecule has 0 bridgehead atoms. The van der Waals surface area contributed by atoms with Gasteiger partial charge in [-0.15, -0.1) is 5.03 Å². The van der Waals surface area contributed by atoms with E-state index >= 15 is 0 Å². The molecule has 0 unspecified atom stereocenters. The summed E-state index contributed by atoms with van der Waals surface area (Å²) >= 11 is 1.67. The van der Waals surface area contributed by atoms with E-state index in [0.29, 0.717) is 0 Å². The highest BCUT2D eigenvalue weighted by Crippen LogP contribution is 1.92. The van der Waals surface area contributed by atoms with Crippen molar-refractivity contribution < 1.29 is 2.98 Å². The molecule has 0 aromatic carbocycles. The van der Waals surface area contributed by atoms with E-state index < -0.39 is 0 Å². The van der Waals surface area contributed by atoms with Crippen molar-refractivity contribution in [3.05, 3.63) is 10.4 Å². The Hall–Kier alpha value is 0.0649. The predicted molar refractivity (Wildman–Crippen MR) is 35.9 cm³/mol. The summed E-state index contributed by atoms with van der Waals surface area (Å²) in [5.41, 5.74) is 7.74. The van der Waals surface area contributed by atoms with Gasteiger partial charge in [-0.05, 0) is 10.4 Å². The van der Waals surface area contributed by atoms with Gasteiger partial charge in [0.05, 0.1) is 23.0 Å². The lowest BCUT2D eigenvalue weighted by Gasteiger charge is -1.86. The van der Waals surface area contributed by atoms with E-state index in [1.165, 1.54) is 0 Å². The Kier molecular flexibility index (Phi) is 4.27. The fourth-order valence-electron chi connectivity index (χ4n) is 0.0905. The maximum absolute atomic E-state index is 7.74. The number of azide groups is 1. The van der Waals surface area contributed by atoms with Gasteiger partial charge in [-0.3, -0.25) is 0 Å². The molecule has 0 atom stereocenters. The van der Waals surface area contributed by atoms with E-state index in [4.69, 9.17) is 5.53 Å². The highest BCUT2D eigenvalue weighted by atomic mass is 127. The normalized spacial score (nSPS) is 7.14. The first-order chi connectivity index (χ1) is 3.31. The van der Waals surface area contributed by atoms with E-state index in [0.717, 1.165) is 0 Å². The van der Waals surface area contributed by atoms with Crippen LogP contribution in [0.5, 0.6) is 0 Å². The second-order valence-electron chi connectivity index (χ2n) is 0.893. The summed E-state index contributed by atoms with van der Waals surface area (Å²) in [5.74, 6) is 0. The van der Waals surface area contributed by atoms with Gasteiger partial charge in [0, 0.05) is 0 Å². The van der Waals surface area contributed by atoms with Crippen LogP contribution in [-0.4, -0.2) is 7.05 Å². The molecule has 0 aliphatic rings. The van der Waals surface area contributed by atoms with Crippen LogP contribution in [0.15, 0.2) is 5.03 Å². The Morgan fingerprint density at radius 3 is 2.71 bits per heavy atom. The molecular weight excluding hydrogens is 208 g/mol. The van der Waals surface area contributed by atoms with Crippen LogP contribution in [0.1, 0.15) is 0 Å². The van der Waals surface area contributed by atoms with Gasteiger partial charge < -0.3 is 2.98 Å². The van der Waals surface area contributed by atoms with Crippen LogP contribution in [0.3, 0.4) is 0 Å². The first kappa shape index (κ1) is 7.06. The Morgan fingerprint density at radius 2 is 2.57 bits per heavy atom. The van der Waals surface area contributed by atoms with Crippen molar-refractivity contribution in [1.29, 1.82) is 0 Å². The maximum Gasteiger partial charge on any atom is 0.399 e. The number of nitrogens with zero attached hydrogens (tertiary/aromatic N) is 3. The molecule has 0 aliphatic heterocycles. The van der Waals surface area contributed by atoms with Crippen LogP contribution in [-0.2, 0) is 2.98 Å². The van der Waals surface area contributed by atoms with Crippen molar-refractivity contribution in [2.75, 3.05) is 0 Å². The zero-order chi connectivity index (χ0) is 5.70. The summed E-state index contributed by atoms with van der Waals surface area (Å²) < 4.78 is 4.54. The lowest BCUT2D eigenvalue weighted by atomic mass is 9.92. The topological polar surface area (TPSA) is 58.0 Å². The highest BCUT2D eigenvalue weighted by molar-refractivity contribution is 14.1. The molecule has 0 amide bonds. The number of hydrogen-bond donors (Lipinski definition) is 0. The fraction of sp³-hybridized carbons (Fsp3) is 1.00. The van der Waals surface area contributed by atoms with E-state index in [-0.39, 0.29) is 7.05 Å². The molecule has 0 radical (unpaired) electrons. The lowest BCUT2D eigenvalue weighted by Crippen LogP contribution is -1.99. The molecule has 0 spiro atoms. The third-order valence-electron chi connectivity index (χ3n) is 0.343. The molecule has 0 heterocycles. The van der Waals surface area contributed by atoms with Gasteiger partial charge in [-0.1, -0.05) is 6.82 Å². The number of rotatable bonds is 2. The number of halogens is 1. The standard InChI is InChI=1S/CH3BIN3O/c1-2(7-3)5-6-4/h1H3. The van der Waals surface area contributed by atoms with Gasteiger partial charge in [-0.2, -0.15) is 0 Å². The van der Waals surface area contributed by atoms with Crippen molar-refractivity contribution in [2.45, 2.75) is 6.82 Å². The minimum absolute atomic E-state index is 0.356. The monoisotopic (exact) mass is 211 g/mol. The highest BCUT2D eigenvalue weighted by Gasteiger charge is 1.99. The fourth-order valence-corrected chi connectivity index (χ4v) is 0.192. The van der Waals surface area contributed by atoms with Gasteiger partial charge in [0.1, 0.15) is 0 Å². The Bertz CT molecular complexity index is 90.9. The van der Waals surface area contributed by atoms with Crippen LogP contribution in [0, 0.1) is 0 Å². The third kappa shape index (κ3) is 3.91. The molecule has 6 heteroatoms. The molecule has 4 nitrogen and oxygen atoms in total. The maximum atomic E-state index is 7.74. The van der Waals surface area contributed by atoms with E-state index in [9.17, 15) is 0 Å². The molecular formula is CH3BIN3O. The van der Waals surface area contributed by atoms with Gasteiger partial charge in [0.15, 0.2) is 0 Å². The minimum atomic E-state index is -0.356. The van der Waals surface area contributed by atoms with Gasteiger partial charge in [0.25, 0.3) is 0 Å². The van der Waals surface area contributed by atoms with Crippen molar-refractivity contribution in [3.63, 3.8) is 0 Å². The first-order valence-electron chi connectivity index (χ1n) is 1.63. The molecule has 0 rings (SSSR count). The van der Waals surface area contributed by atoms with Crippen LogP contribution >= 0.6 is 23.0 Å². The Balaban J connectivity index is 3.35. The Labute approximate surface area is 55.7 Å². The van der Waals surface area contributed by atoms with Crippen molar-refractivity contribution in [3.8, 4) is 0 Å². The minimum Gasteiger partial charge on any atom is -0.371 e. The summed E-state index contributed by atoms with van der Waals surface area (Å²) in [6, 6.07) is 0. The summed E-state index contributed by atoms with van der Waals surface area (Å²) in [4.78, 5) is 2.50. The summed E-state index contributed by atoms with van der Waals surface area (Å²) in [5, 5.41) is 3.19. The Morgan fingerprint density at radius 1 is 2.00 bits per heavy atom. The molecule has 0 saturated carbocycles. The predicted octanol–water partition coefficient (Wildman–Crippen LogP) is 1.78. The van der Waals surface area contributed by atoms with E-state index in [1.807, 2.05) is 0 Å². The average Bonchev–Trinajstić information content (AvgIpc) is 1.68.